The van der Waals surface area contributed by atoms with Crippen LogP contribution in [0.2, 0.25) is 0 Å². The Labute approximate surface area is 173 Å². The number of benzene rings is 2. The van der Waals surface area contributed by atoms with Gasteiger partial charge < -0.3 is 10.1 Å². The van der Waals surface area contributed by atoms with Crippen molar-refractivity contribution in [2.75, 3.05) is 17.9 Å². The van der Waals surface area contributed by atoms with Crippen LogP contribution in [0.25, 0.3) is 0 Å². The number of hydrogen-bond donors (Lipinski definition) is 3. The minimum Gasteiger partial charge on any atom is -0.497 e. The van der Waals surface area contributed by atoms with Crippen molar-refractivity contribution in [3.8, 4) is 5.75 Å². The third-order valence-corrected chi connectivity index (χ3v) is 4.47. The molecule has 0 atom stereocenters. The van der Waals surface area contributed by atoms with E-state index in [1.807, 2.05) is 6.07 Å². The van der Waals surface area contributed by atoms with Crippen LogP contribution in [-0.4, -0.2) is 27.9 Å². The van der Waals surface area contributed by atoms with Gasteiger partial charge in [-0.2, -0.15) is 0 Å². The van der Waals surface area contributed by atoms with Crippen molar-refractivity contribution < 1.29 is 14.5 Å². The summed E-state index contributed by atoms with van der Waals surface area (Å²) in [6.45, 7) is 0. The van der Waals surface area contributed by atoms with Gasteiger partial charge >= 0.3 is 5.69 Å². The first-order valence-electron chi connectivity index (χ1n) is 8.21. The topological polar surface area (TPSA) is 131 Å². The van der Waals surface area contributed by atoms with Gasteiger partial charge in [-0.05, 0) is 52.3 Å². The SMILES string of the molecule is COc1ccc(C(=O)NNc2ncnc(Nc3ccccc3Br)c2[N+](=O)[O-])cc1. The molecule has 0 aliphatic carbocycles. The van der Waals surface area contributed by atoms with Gasteiger partial charge in [-0.1, -0.05) is 12.1 Å². The van der Waals surface area contributed by atoms with Gasteiger partial charge in [0.05, 0.1) is 17.7 Å². The molecule has 3 N–H and O–H groups in total. The van der Waals surface area contributed by atoms with Crippen molar-refractivity contribution in [2.24, 2.45) is 0 Å². The number of amides is 1. The van der Waals surface area contributed by atoms with Crippen LogP contribution in [0, 0.1) is 10.1 Å². The molecule has 0 spiro atoms. The molecular formula is C18H15BrN6O4. The predicted molar refractivity (Wildman–Crippen MR) is 110 cm³/mol. The minimum atomic E-state index is -0.638. The number of aromatic nitrogens is 2. The van der Waals surface area contributed by atoms with Gasteiger partial charge in [-0.15, -0.1) is 0 Å². The highest BCUT2D eigenvalue weighted by Gasteiger charge is 2.24. The fourth-order valence-electron chi connectivity index (χ4n) is 2.36. The molecule has 2 aromatic carbocycles. The molecule has 0 fully saturated rings. The Bertz CT molecular complexity index is 1040. The van der Waals surface area contributed by atoms with Gasteiger partial charge in [0, 0.05) is 10.0 Å². The Kier molecular flexibility index (Phi) is 6.19. The number of methoxy groups -OCH3 is 1. The molecule has 148 valence electrons. The normalized spacial score (nSPS) is 10.1. The van der Waals surface area contributed by atoms with Crippen LogP contribution in [-0.2, 0) is 0 Å². The van der Waals surface area contributed by atoms with E-state index < -0.39 is 16.5 Å². The molecule has 3 rings (SSSR count). The van der Waals surface area contributed by atoms with Crippen molar-refractivity contribution in [1.82, 2.24) is 15.4 Å². The lowest BCUT2D eigenvalue weighted by molar-refractivity contribution is -0.383. The Morgan fingerprint density at radius 3 is 2.45 bits per heavy atom. The van der Waals surface area contributed by atoms with Gasteiger partial charge in [-0.3, -0.25) is 25.8 Å². The van der Waals surface area contributed by atoms with E-state index in [0.29, 0.717) is 21.5 Å². The summed E-state index contributed by atoms with van der Waals surface area (Å²) in [7, 11) is 1.52. The number of para-hydroxylation sites is 1. The highest BCUT2D eigenvalue weighted by atomic mass is 79.9. The maximum Gasteiger partial charge on any atom is 0.355 e. The molecule has 0 aliphatic rings. The largest absolute Gasteiger partial charge is 0.497 e. The van der Waals surface area contributed by atoms with Crippen LogP contribution in [0.1, 0.15) is 10.4 Å². The Morgan fingerprint density at radius 2 is 1.79 bits per heavy atom. The molecule has 0 bridgehead atoms. The van der Waals surface area contributed by atoms with E-state index in [1.54, 1.807) is 42.5 Å². The highest BCUT2D eigenvalue weighted by molar-refractivity contribution is 9.10. The summed E-state index contributed by atoms with van der Waals surface area (Å²) in [6, 6.07) is 13.5. The summed E-state index contributed by atoms with van der Waals surface area (Å²) in [6.07, 6.45) is 1.15. The van der Waals surface area contributed by atoms with E-state index in [4.69, 9.17) is 4.74 Å². The molecule has 29 heavy (non-hydrogen) atoms. The molecule has 3 aromatic rings. The van der Waals surface area contributed by atoms with E-state index in [1.165, 1.54) is 7.11 Å². The fraction of sp³-hybridized carbons (Fsp3) is 0.0556. The first kappa shape index (κ1) is 20.0. The van der Waals surface area contributed by atoms with Crippen molar-refractivity contribution in [3.05, 3.63) is 75.0 Å². The Morgan fingerprint density at radius 1 is 1.10 bits per heavy atom. The lowest BCUT2D eigenvalue weighted by atomic mass is 10.2. The molecule has 0 radical (unpaired) electrons. The number of hydrazine groups is 1. The average Bonchev–Trinajstić information content (AvgIpc) is 2.73. The van der Waals surface area contributed by atoms with Crippen LogP contribution in [0.4, 0.5) is 23.0 Å². The molecule has 1 heterocycles. The first-order chi connectivity index (χ1) is 14.0. The highest BCUT2D eigenvalue weighted by Crippen LogP contribution is 2.33. The van der Waals surface area contributed by atoms with Gasteiger partial charge in [0.25, 0.3) is 5.91 Å². The van der Waals surface area contributed by atoms with Gasteiger partial charge in [0.1, 0.15) is 12.1 Å². The standard InChI is InChI=1S/C18H15BrN6O4/c1-29-12-8-6-11(7-9-12)18(26)24-23-17-15(25(27)28)16(20-10-21-17)22-14-5-3-2-4-13(14)19/h2-10H,1H3,(H,24,26)(H2,20,21,22,23). The maximum atomic E-state index is 12.3. The number of ether oxygens (including phenoxy) is 1. The van der Waals surface area contributed by atoms with Crippen molar-refractivity contribution in [1.29, 1.82) is 0 Å². The maximum absolute atomic E-state index is 12.3. The van der Waals surface area contributed by atoms with E-state index in [9.17, 15) is 14.9 Å². The second kappa shape index (κ2) is 8.97. The minimum absolute atomic E-state index is 0.0295. The Balaban J connectivity index is 1.81. The average molecular weight is 459 g/mol. The van der Waals surface area contributed by atoms with E-state index >= 15 is 0 Å². The molecule has 1 amide bonds. The number of hydrogen-bond acceptors (Lipinski definition) is 8. The van der Waals surface area contributed by atoms with Crippen LogP contribution in [0.3, 0.4) is 0 Å². The number of halogens is 1. The summed E-state index contributed by atoms with van der Waals surface area (Å²) >= 11 is 3.36. The zero-order valence-electron chi connectivity index (χ0n) is 15.0. The van der Waals surface area contributed by atoms with Crippen LogP contribution < -0.4 is 20.9 Å². The summed E-state index contributed by atoms with van der Waals surface area (Å²) in [5.41, 5.74) is 5.38. The molecule has 11 heteroatoms. The zero-order chi connectivity index (χ0) is 20.8. The number of nitrogens with zero attached hydrogens (tertiary/aromatic N) is 3. The number of nitro groups is 1. The summed E-state index contributed by atoms with van der Waals surface area (Å²) in [5.74, 6) is -0.0934. The second-order valence-electron chi connectivity index (χ2n) is 5.59. The smallest absolute Gasteiger partial charge is 0.355 e. The van der Waals surface area contributed by atoms with Crippen LogP contribution in [0.5, 0.6) is 5.75 Å². The number of nitrogens with one attached hydrogen (secondary N) is 3. The summed E-state index contributed by atoms with van der Waals surface area (Å²) < 4.78 is 5.75. The molecule has 0 saturated heterocycles. The van der Waals surface area contributed by atoms with Crippen molar-refractivity contribution >= 4 is 44.8 Å². The quantitative estimate of drug-likeness (QED) is 0.361. The molecule has 1 aromatic heterocycles. The third kappa shape index (κ3) is 4.76. The monoisotopic (exact) mass is 458 g/mol. The lowest BCUT2D eigenvalue weighted by Gasteiger charge is -2.11. The molecular weight excluding hydrogens is 444 g/mol. The predicted octanol–water partition coefficient (Wildman–Crippen LogP) is 3.66. The van der Waals surface area contributed by atoms with E-state index in [0.717, 1.165) is 6.33 Å². The van der Waals surface area contributed by atoms with Crippen LogP contribution >= 0.6 is 15.9 Å². The van der Waals surface area contributed by atoms with Gasteiger partial charge in [-0.25, -0.2) is 9.97 Å². The molecule has 10 nitrogen and oxygen atoms in total. The Hall–Kier alpha value is -3.73. The lowest BCUT2D eigenvalue weighted by Crippen LogP contribution is -2.30. The third-order valence-electron chi connectivity index (χ3n) is 3.78. The fourth-order valence-corrected chi connectivity index (χ4v) is 2.74. The number of anilines is 3. The summed E-state index contributed by atoms with van der Waals surface area (Å²) in [4.78, 5) is 31.1. The summed E-state index contributed by atoms with van der Waals surface area (Å²) in [5, 5.41) is 14.5. The zero-order valence-corrected chi connectivity index (χ0v) is 16.6. The molecule has 0 unspecified atom stereocenters. The van der Waals surface area contributed by atoms with Crippen molar-refractivity contribution in [2.45, 2.75) is 0 Å². The van der Waals surface area contributed by atoms with Crippen molar-refractivity contribution in [3.63, 3.8) is 0 Å². The first-order valence-corrected chi connectivity index (χ1v) is 9.00. The van der Waals surface area contributed by atoms with Crippen LogP contribution in [0.15, 0.2) is 59.3 Å². The van der Waals surface area contributed by atoms with Gasteiger partial charge in [0.2, 0.25) is 11.6 Å². The van der Waals surface area contributed by atoms with Gasteiger partial charge in [0.15, 0.2) is 0 Å². The number of carbonyl (C=O) groups excluding carboxylic acids is 1. The number of rotatable bonds is 7. The van der Waals surface area contributed by atoms with E-state index in [2.05, 4.69) is 42.1 Å². The van der Waals surface area contributed by atoms with E-state index in [-0.39, 0.29) is 11.6 Å². The number of carbonyl (C=O) groups is 1. The molecule has 0 saturated carbocycles. The second-order valence-corrected chi connectivity index (χ2v) is 6.44. The molecule has 0 aliphatic heterocycles.